The first-order chi connectivity index (χ1) is 13.0. The Kier molecular flexibility index (Phi) is 4.58. The molecule has 0 spiro atoms. The van der Waals surface area contributed by atoms with E-state index in [1.807, 2.05) is 36.4 Å². The van der Waals surface area contributed by atoms with Gasteiger partial charge in [-0.1, -0.05) is 35.9 Å². The third kappa shape index (κ3) is 3.95. The van der Waals surface area contributed by atoms with Crippen molar-refractivity contribution >= 4 is 35.1 Å². The zero-order valence-electron chi connectivity index (χ0n) is 14.4. The second kappa shape index (κ2) is 7.04. The number of hydrogen-bond acceptors (Lipinski definition) is 3. The van der Waals surface area contributed by atoms with Crippen LogP contribution < -0.4 is 16.0 Å². The molecule has 2 aromatic rings. The second-order valence-corrected chi connectivity index (χ2v) is 7.35. The first-order valence-corrected chi connectivity index (χ1v) is 9.14. The molecule has 1 aliphatic heterocycles. The lowest BCUT2D eigenvalue weighted by atomic mass is 10.1. The lowest BCUT2D eigenvalue weighted by Crippen LogP contribution is -2.31. The Bertz CT molecular complexity index is 913. The molecule has 2 fully saturated rings. The van der Waals surface area contributed by atoms with Gasteiger partial charge in [0.05, 0.1) is 0 Å². The first kappa shape index (κ1) is 17.5. The summed E-state index contributed by atoms with van der Waals surface area (Å²) in [5, 5.41) is 8.39. The van der Waals surface area contributed by atoms with E-state index in [0.717, 1.165) is 17.5 Å². The van der Waals surface area contributed by atoms with E-state index in [4.69, 9.17) is 11.6 Å². The van der Waals surface area contributed by atoms with Crippen LogP contribution in [0.5, 0.6) is 0 Å². The third-order valence-electron chi connectivity index (χ3n) is 4.92. The zero-order chi connectivity index (χ0) is 19.0. The lowest BCUT2D eigenvalue weighted by Gasteiger charge is -2.09. The number of anilines is 1. The van der Waals surface area contributed by atoms with Crippen molar-refractivity contribution in [3.05, 3.63) is 64.7 Å². The smallest absolute Gasteiger partial charge is 0.322 e. The van der Waals surface area contributed by atoms with E-state index < -0.39 is 12.1 Å². The summed E-state index contributed by atoms with van der Waals surface area (Å²) in [7, 11) is 0. The van der Waals surface area contributed by atoms with E-state index in [1.165, 1.54) is 0 Å². The van der Waals surface area contributed by atoms with Crippen molar-refractivity contribution in [1.82, 2.24) is 10.6 Å². The lowest BCUT2D eigenvalue weighted by molar-refractivity contribution is -0.120. The summed E-state index contributed by atoms with van der Waals surface area (Å²) in [5.41, 5.74) is 2.70. The molecule has 4 amide bonds. The predicted molar refractivity (Wildman–Crippen MR) is 102 cm³/mol. The van der Waals surface area contributed by atoms with Crippen molar-refractivity contribution in [2.24, 2.45) is 5.92 Å². The molecule has 1 unspecified atom stereocenters. The van der Waals surface area contributed by atoms with Gasteiger partial charge in [0, 0.05) is 23.0 Å². The van der Waals surface area contributed by atoms with Crippen molar-refractivity contribution < 1.29 is 14.4 Å². The monoisotopic (exact) mass is 383 g/mol. The maximum Gasteiger partial charge on any atom is 0.322 e. The van der Waals surface area contributed by atoms with Gasteiger partial charge in [0.2, 0.25) is 5.91 Å². The highest BCUT2D eigenvalue weighted by molar-refractivity contribution is 6.30. The fourth-order valence-corrected chi connectivity index (χ4v) is 3.59. The maximum absolute atomic E-state index is 12.4. The Balaban J connectivity index is 1.33. The van der Waals surface area contributed by atoms with Gasteiger partial charge < -0.3 is 10.6 Å². The first-order valence-electron chi connectivity index (χ1n) is 8.76. The number of benzene rings is 2. The van der Waals surface area contributed by atoms with Crippen LogP contribution in [-0.4, -0.2) is 23.9 Å². The number of carbonyl (C=O) groups is 3. The number of amides is 4. The fourth-order valence-electron chi connectivity index (χ4n) is 3.39. The molecular weight excluding hydrogens is 366 g/mol. The maximum atomic E-state index is 12.4. The molecule has 1 aliphatic carbocycles. The highest BCUT2D eigenvalue weighted by Crippen LogP contribution is 2.48. The van der Waals surface area contributed by atoms with Gasteiger partial charge in [-0.3, -0.25) is 14.9 Å². The van der Waals surface area contributed by atoms with Crippen LogP contribution in [0.4, 0.5) is 10.5 Å². The van der Waals surface area contributed by atoms with Crippen molar-refractivity contribution in [2.45, 2.75) is 24.8 Å². The summed E-state index contributed by atoms with van der Waals surface area (Å²) < 4.78 is 0. The SMILES string of the molecule is O=C1NC(=O)C(Cc2ccc(NC(=O)[C@@H]3C[C@H]3c3cccc(Cl)c3)cc2)N1. The van der Waals surface area contributed by atoms with Gasteiger partial charge >= 0.3 is 6.03 Å². The van der Waals surface area contributed by atoms with E-state index in [0.29, 0.717) is 17.1 Å². The van der Waals surface area contributed by atoms with Gasteiger partial charge in [-0.05, 0) is 47.7 Å². The minimum atomic E-state index is -0.553. The average molecular weight is 384 g/mol. The quantitative estimate of drug-likeness (QED) is 0.694. The fraction of sp³-hybridized carbons (Fsp3) is 0.250. The second-order valence-electron chi connectivity index (χ2n) is 6.91. The van der Waals surface area contributed by atoms with Gasteiger partial charge in [-0.2, -0.15) is 0 Å². The van der Waals surface area contributed by atoms with Crippen LogP contribution in [0.3, 0.4) is 0 Å². The molecule has 27 heavy (non-hydrogen) atoms. The van der Waals surface area contributed by atoms with E-state index in [-0.39, 0.29) is 23.7 Å². The van der Waals surface area contributed by atoms with Gasteiger partial charge in [-0.25, -0.2) is 4.79 Å². The van der Waals surface area contributed by atoms with Crippen molar-refractivity contribution in [3.8, 4) is 0 Å². The molecular formula is C20H18ClN3O3. The Morgan fingerprint density at radius 3 is 2.59 bits per heavy atom. The number of urea groups is 1. The zero-order valence-corrected chi connectivity index (χ0v) is 15.1. The van der Waals surface area contributed by atoms with Crippen LogP contribution in [0, 0.1) is 5.92 Å². The molecule has 0 aromatic heterocycles. The highest BCUT2D eigenvalue weighted by Gasteiger charge is 2.44. The molecule has 0 bridgehead atoms. The van der Waals surface area contributed by atoms with Crippen LogP contribution in [0.25, 0.3) is 0 Å². The molecule has 2 aromatic carbocycles. The van der Waals surface area contributed by atoms with E-state index in [2.05, 4.69) is 16.0 Å². The van der Waals surface area contributed by atoms with Gasteiger partial charge in [-0.15, -0.1) is 0 Å². The van der Waals surface area contributed by atoms with Crippen LogP contribution in [-0.2, 0) is 16.0 Å². The molecule has 3 N–H and O–H groups in total. The number of rotatable bonds is 5. The van der Waals surface area contributed by atoms with Crippen molar-refractivity contribution in [3.63, 3.8) is 0 Å². The molecule has 6 nitrogen and oxygen atoms in total. The predicted octanol–water partition coefficient (Wildman–Crippen LogP) is 2.83. The molecule has 3 atom stereocenters. The minimum absolute atomic E-state index is 0.00448. The number of halogens is 1. The summed E-state index contributed by atoms with van der Waals surface area (Å²) in [6.07, 6.45) is 1.23. The largest absolute Gasteiger partial charge is 0.326 e. The Morgan fingerprint density at radius 1 is 1.15 bits per heavy atom. The number of imide groups is 1. The molecule has 4 rings (SSSR count). The molecule has 138 valence electrons. The summed E-state index contributed by atoms with van der Waals surface area (Å²) in [4.78, 5) is 35.2. The van der Waals surface area contributed by atoms with Gasteiger partial charge in [0.1, 0.15) is 6.04 Å². The summed E-state index contributed by atoms with van der Waals surface area (Å²) in [6, 6.07) is 13.9. The van der Waals surface area contributed by atoms with E-state index in [9.17, 15) is 14.4 Å². The van der Waals surface area contributed by atoms with Gasteiger partial charge in [0.25, 0.3) is 5.91 Å². The summed E-state index contributed by atoms with van der Waals surface area (Å²) in [5.74, 6) is -0.152. The van der Waals surface area contributed by atoms with Crippen molar-refractivity contribution in [1.29, 1.82) is 0 Å². The van der Waals surface area contributed by atoms with Gasteiger partial charge in [0.15, 0.2) is 0 Å². The highest BCUT2D eigenvalue weighted by atomic mass is 35.5. The van der Waals surface area contributed by atoms with Crippen LogP contribution >= 0.6 is 11.6 Å². The molecule has 1 saturated heterocycles. The Morgan fingerprint density at radius 2 is 1.93 bits per heavy atom. The third-order valence-corrected chi connectivity index (χ3v) is 5.16. The molecule has 7 heteroatoms. The van der Waals surface area contributed by atoms with E-state index in [1.54, 1.807) is 12.1 Å². The summed E-state index contributed by atoms with van der Waals surface area (Å²) >= 11 is 6.02. The topological polar surface area (TPSA) is 87.3 Å². The molecule has 2 aliphatic rings. The molecule has 0 radical (unpaired) electrons. The van der Waals surface area contributed by atoms with Crippen LogP contribution in [0.1, 0.15) is 23.5 Å². The molecule has 1 saturated carbocycles. The number of carbonyl (C=O) groups excluding carboxylic acids is 3. The number of nitrogens with one attached hydrogen (secondary N) is 3. The normalized spacial score (nSPS) is 23.5. The Labute approximate surface area is 161 Å². The molecule has 1 heterocycles. The van der Waals surface area contributed by atoms with E-state index >= 15 is 0 Å². The average Bonchev–Trinajstić information content (AvgIpc) is 3.37. The Hall–Kier alpha value is -2.86. The minimum Gasteiger partial charge on any atom is -0.326 e. The van der Waals surface area contributed by atoms with Crippen molar-refractivity contribution in [2.75, 3.05) is 5.32 Å². The number of hydrogen-bond donors (Lipinski definition) is 3. The van der Waals surface area contributed by atoms with Crippen LogP contribution in [0.2, 0.25) is 5.02 Å². The standard InChI is InChI=1S/C20H18ClN3O3/c21-13-3-1-2-12(9-13)15-10-16(15)18(25)22-14-6-4-11(5-7-14)8-17-19(26)24-20(27)23-17/h1-7,9,15-17H,8,10H2,(H,22,25)(H2,23,24,26,27)/t15-,16+,17?/m0/s1. The summed E-state index contributed by atoms with van der Waals surface area (Å²) in [6.45, 7) is 0. The van der Waals surface area contributed by atoms with Crippen LogP contribution in [0.15, 0.2) is 48.5 Å².